The lowest BCUT2D eigenvalue weighted by molar-refractivity contribution is -0.432. The fraction of sp³-hybridized carbons (Fsp3) is 0. The summed E-state index contributed by atoms with van der Waals surface area (Å²) < 4.78 is 76.2. The van der Waals surface area contributed by atoms with Crippen molar-refractivity contribution in [1.82, 2.24) is 29.9 Å². The quantitative estimate of drug-likeness (QED) is 0.0134. The van der Waals surface area contributed by atoms with Gasteiger partial charge in [-0.05, 0) is 107 Å². The van der Waals surface area contributed by atoms with Crippen LogP contribution in [0.15, 0.2) is 105 Å². The Morgan fingerprint density at radius 2 is 0.967 bits per heavy atom. The molecule has 22 nitrogen and oxygen atoms in total. The number of nitrogens with one attached hydrogen (secondary N) is 4. The summed E-state index contributed by atoms with van der Waals surface area (Å²) in [4.78, 5) is 24.8. The molecule has 6 rings (SSSR count). The SMILES string of the molecule is O=S(=O)(O)c1ccc(Nc2nc(Cl)nc(Nc3ccc(C=Cc4ccc(Nc5nc(Cl)nc(Nc6ccc(SOOO)cc6)n5)cc4S(=O)(=O)O)c(SOOO)c3)n2)cc1. The average Bonchev–Trinajstić information content (AvgIpc) is 3.19. The Labute approximate surface area is 357 Å². The molecule has 6 aromatic rings. The average molecular weight is 940 g/mol. The topological polar surface area (TPSA) is 312 Å². The van der Waals surface area contributed by atoms with Crippen molar-refractivity contribution in [1.29, 1.82) is 0 Å². The summed E-state index contributed by atoms with van der Waals surface area (Å²) in [6, 6.07) is 20.5. The summed E-state index contributed by atoms with van der Waals surface area (Å²) >= 11 is 13.6. The monoisotopic (exact) mass is 938 g/mol. The highest BCUT2D eigenvalue weighted by Crippen LogP contribution is 2.32. The molecular formula is C32H24Cl2N10O12S4. The van der Waals surface area contributed by atoms with Crippen molar-refractivity contribution in [3.8, 4) is 0 Å². The lowest BCUT2D eigenvalue weighted by Crippen LogP contribution is -2.06. The Hall–Kier alpha value is -5.30. The molecule has 0 bridgehead atoms. The maximum Gasteiger partial charge on any atom is 0.295 e. The van der Waals surface area contributed by atoms with Gasteiger partial charge in [-0.3, -0.25) is 9.11 Å². The van der Waals surface area contributed by atoms with E-state index in [0.29, 0.717) is 44.5 Å². The fourth-order valence-corrected chi connectivity index (χ4v) is 7.20. The van der Waals surface area contributed by atoms with Gasteiger partial charge >= 0.3 is 0 Å². The second kappa shape index (κ2) is 19.8. The molecule has 0 saturated heterocycles. The maximum atomic E-state index is 12.5. The molecule has 0 aliphatic heterocycles. The molecule has 2 heterocycles. The van der Waals surface area contributed by atoms with Crippen molar-refractivity contribution in [2.24, 2.45) is 0 Å². The molecule has 0 fully saturated rings. The third-order valence-electron chi connectivity index (χ3n) is 7.31. The van der Waals surface area contributed by atoms with Gasteiger partial charge in [-0.1, -0.05) is 34.4 Å². The molecule has 0 saturated carbocycles. The highest BCUT2D eigenvalue weighted by atomic mass is 35.5. The smallest absolute Gasteiger partial charge is 0.295 e. The number of hydrogen-bond donors (Lipinski definition) is 8. The van der Waals surface area contributed by atoms with Crippen molar-refractivity contribution < 1.29 is 55.2 Å². The highest BCUT2D eigenvalue weighted by Gasteiger charge is 2.17. The number of halogens is 2. The van der Waals surface area contributed by atoms with Crippen molar-refractivity contribution in [3.05, 3.63) is 107 Å². The van der Waals surface area contributed by atoms with Crippen LogP contribution in [0, 0.1) is 0 Å². The molecule has 28 heteroatoms. The summed E-state index contributed by atoms with van der Waals surface area (Å²) in [5, 5.41) is 35.7. The second-order valence-corrected chi connectivity index (χ2v) is 16.3. The molecule has 0 radical (unpaired) electrons. The number of aromatic nitrogens is 6. The van der Waals surface area contributed by atoms with Gasteiger partial charge in [-0.15, -0.1) is 8.67 Å². The van der Waals surface area contributed by atoms with E-state index in [0.717, 1.165) is 18.1 Å². The summed E-state index contributed by atoms with van der Waals surface area (Å²) in [5.41, 5.74) is 1.95. The van der Waals surface area contributed by atoms with E-state index in [-0.39, 0.29) is 50.5 Å². The van der Waals surface area contributed by atoms with E-state index >= 15 is 0 Å². The minimum atomic E-state index is -4.80. The molecule has 0 spiro atoms. The molecule has 0 amide bonds. The van der Waals surface area contributed by atoms with E-state index in [4.69, 9.17) is 33.7 Å². The van der Waals surface area contributed by atoms with Crippen molar-refractivity contribution in [3.63, 3.8) is 0 Å². The van der Waals surface area contributed by atoms with Gasteiger partial charge < -0.3 is 21.3 Å². The first kappa shape index (κ1) is 44.3. The zero-order valence-electron chi connectivity index (χ0n) is 29.4. The number of benzene rings is 4. The van der Waals surface area contributed by atoms with Crippen LogP contribution in [-0.2, 0) is 39.0 Å². The van der Waals surface area contributed by atoms with Crippen molar-refractivity contribution in [2.75, 3.05) is 21.3 Å². The first-order chi connectivity index (χ1) is 28.6. The Morgan fingerprint density at radius 1 is 0.533 bits per heavy atom. The molecule has 0 atom stereocenters. The molecule has 0 aliphatic rings. The zero-order valence-corrected chi connectivity index (χ0v) is 34.1. The van der Waals surface area contributed by atoms with E-state index in [1.807, 2.05) is 0 Å². The predicted octanol–water partition coefficient (Wildman–Crippen LogP) is 7.86. The number of hydrogen-bond acceptors (Lipinski definition) is 22. The van der Waals surface area contributed by atoms with Crippen LogP contribution < -0.4 is 21.3 Å². The predicted molar refractivity (Wildman–Crippen MR) is 218 cm³/mol. The fourth-order valence-electron chi connectivity index (χ4n) is 4.83. The van der Waals surface area contributed by atoms with Crippen LogP contribution in [0.1, 0.15) is 11.1 Å². The van der Waals surface area contributed by atoms with Crippen LogP contribution in [-0.4, -0.2) is 66.4 Å². The summed E-state index contributed by atoms with van der Waals surface area (Å²) in [5.74, 6) is -0.0601. The first-order valence-corrected chi connectivity index (χ1v) is 21.1. The lowest BCUT2D eigenvalue weighted by atomic mass is 10.1. The number of nitrogens with zero attached hydrogens (tertiary/aromatic N) is 6. The van der Waals surface area contributed by atoms with E-state index in [9.17, 15) is 25.9 Å². The summed E-state index contributed by atoms with van der Waals surface area (Å²) in [7, 11) is -9.19. The van der Waals surface area contributed by atoms with Crippen molar-refractivity contribution >= 4 is 126 Å². The second-order valence-electron chi connectivity index (χ2n) is 11.3. The molecule has 8 N–H and O–H groups in total. The minimum absolute atomic E-state index is 0.0149. The van der Waals surface area contributed by atoms with Crippen LogP contribution in [0.5, 0.6) is 0 Å². The van der Waals surface area contributed by atoms with Gasteiger partial charge in [0.25, 0.3) is 20.2 Å². The number of anilines is 8. The lowest BCUT2D eigenvalue weighted by Gasteiger charge is -2.12. The van der Waals surface area contributed by atoms with Crippen LogP contribution in [0.25, 0.3) is 12.2 Å². The standard InChI is InChI=1S/C32H24Cl2N10O12S4/c33-27-40-30(36-20-9-13-24(14-10-20)59(47,48)49)43-31(41-27)37-21-5-3-17(25(15-21)58-56-54-46)1-2-18-4-6-22(16-26(18)60(50,51)52)38-32-42-28(34)39-29(44-32)35-19-7-11-23(12-8-19)57-55-53-45/h1-16,45-46H,(H,47,48,49)(H,50,51,52)(H2,35,38,39,42,44)(H2,36,37,40,41,43). The van der Waals surface area contributed by atoms with Gasteiger partial charge in [-0.25, -0.2) is 10.5 Å². The molecule has 4 aromatic carbocycles. The number of rotatable bonds is 18. The summed E-state index contributed by atoms with van der Waals surface area (Å²) in [6.07, 6.45) is 2.90. The van der Waals surface area contributed by atoms with Crippen molar-refractivity contribution in [2.45, 2.75) is 19.6 Å². The first-order valence-electron chi connectivity index (χ1n) is 16.0. The van der Waals surface area contributed by atoms with Gasteiger partial charge in [-0.2, -0.15) is 46.7 Å². The Kier molecular flexibility index (Phi) is 14.6. The van der Waals surface area contributed by atoms with Gasteiger partial charge in [0, 0.05) is 32.5 Å². The van der Waals surface area contributed by atoms with Gasteiger partial charge in [0.05, 0.1) is 29.0 Å². The van der Waals surface area contributed by atoms with Crippen LogP contribution in [0.4, 0.5) is 46.5 Å². The minimum Gasteiger partial charge on any atom is -0.324 e. The van der Waals surface area contributed by atoms with Gasteiger partial charge in [0.2, 0.25) is 34.4 Å². The van der Waals surface area contributed by atoms with E-state index < -0.39 is 25.1 Å². The zero-order chi connectivity index (χ0) is 42.9. The van der Waals surface area contributed by atoms with Crippen LogP contribution >= 0.6 is 47.3 Å². The molecule has 312 valence electrons. The largest absolute Gasteiger partial charge is 0.324 e. The third-order valence-corrected chi connectivity index (χ3v) is 10.7. The molecule has 60 heavy (non-hydrogen) atoms. The molecular weight excluding hydrogens is 916 g/mol. The highest BCUT2D eigenvalue weighted by molar-refractivity contribution is 7.94. The van der Waals surface area contributed by atoms with E-state index in [2.05, 4.69) is 69.9 Å². The van der Waals surface area contributed by atoms with Gasteiger partial charge in [0.1, 0.15) is 4.90 Å². The molecule has 0 aliphatic carbocycles. The third kappa shape index (κ3) is 12.6. The molecule has 2 aromatic heterocycles. The van der Waals surface area contributed by atoms with Crippen LogP contribution in [0.3, 0.4) is 0 Å². The summed E-state index contributed by atoms with van der Waals surface area (Å²) in [6.45, 7) is 0. The van der Waals surface area contributed by atoms with Gasteiger partial charge in [0.15, 0.2) is 0 Å². The molecule has 0 unspecified atom stereocenters. The normalized spacial score (nSPS) is 11.8. The Morgan fingerprint density at radius 3 is 1.47 bits per heavy atom. The van der Waals surface area contributed by atoms with E-state index in [1.165, 1.54) is 48.6 Å². The van der Waals surface area contributed by atoms with Crippen LogP contribution in [0.2, 0.25) is 10.6 Å². The maximum absolute atomic E-state index is 12.5. The Balaban J connectivity index is 1.19. The Bertz CT molecular complexity index is 2750. The van der Waals surface area contributed by atoms with E-state index in [1.54, 1.807) is 42.5 Å².